The van der Waals surface area contributed by atoms with Crippen LogP contribution in [0.1, 0.15) is 18.7 Å². The number of hydrogen-bond donors (Lipinski definition) is 1. The van der Waals surface area contributed by atoms with E-state index >= 15 is 0 Å². The molecule has 0 bridgehead atoms. The van der Waals surface area contributed by atoms with Gasteiger partial charge in [0.1, 0.15) is 17.5 Å². The molecule has 7 heteroatoms. The zero-order valence-electron chi connectivity index (χ0n) is 15.6. The second-order valence-electron chi connectivity index (χ2n) is 6.41. The van der Waals surface area contributed by atoms with Crippen LogP contribution in [0.3, 0.4) is 0 Å². The fraction of sp³-hybridized carbons (Fsp3) is 0.190. The Labute approximate surface area is 161 Å². The summed E-state index contributed by atoms with van der Waals surface area (Å²) in [5.41, 5.74) is 3.28. The van der Waals surface area contributed by atoms with Gasteiger partial charge in [-0.05, 0) is 31.2 Å². The molecule has 0 spiro atoms. The average Bonchev–Trinajstić information content (AvgIpc) is 3.38. The number of hydrogen-bond acceptors (Lipinski definition) is 5. The SMILES string of the molecule is COc1ccccc1-c1cc(CNC(=O)C(C)n2cnc3ccccc32)on1. The topological polar surface area (TPSA) is 82.2 Å². The van der Waals surface area contributed by atoms with Crippen LogP contribution in [-0.4, -0.2) is 27.7 Å². The van der Waals surface area contributed by atoms with Gasteiger partial charge in [-0.15, -0.1) is 0 Å². The number of benzene rings is 2. The van der Waals surface area contributed by atoms with E-state index in [1.807, 2.05) is 60.0 Å². The summed E-state index contributed by atoms with van der Waals surface area (Å²) in [5, 5.41) is 6.98. The highest BCUT2D eigenvalue weighted by Gasteiger charge is 2.18. The van der Waals surface area contributed by atoms with Crippen LogP contribution < -0.4 is 10.1 Å². The van der Waals surface area contributed by atoms with Crippen LogP contribution in [0, 0.1) is 0 Å². The molecule has 1 atom stereocenters. The number of rotatable bonds is 6. The zero-order valence-corrected chi connectivity index (χ0v) is 15.6. The molecular formula is C21H20N4O3. The molecule has 142 valence electrons. The summed E-state index contributed by atoms with van der Waals surface area (Å²) >= 11 is 0. The molecule has 1 N–H and O–H groups in total. The highest BCUT2D eigenvalue weighted by Crippen LogP contribution is 2.29. The van der Waals surface area contributed by atoms with E-state index < -0.39 is 6.04 Å². The molecule has 2 aromatic carbocycles. The van der Waals surface area contributed by atoms with E-state index in [2.05, 4.69) is 15.5 Å². The third-order valence-electron chi connectivity index (χ3n) is 4.66. The van der Waals surface area contributed by atoms with Crippen molar-refractivity contribution in [2.45, 2.75) is 19.5 Å². The number of carbonyl (C=O) groups is 1. The van der Waals surface area contributed by atoms with Crippen LogP contribution in [-0.2, 0) is 11.3 Å². The summed E-state index contributed by atoms with van der Waals surface area (Å²) in [7, 11) is 1.61. The third-order valence-corrected chi connectivity index (χ3v) is 4.66. The lowest BCUT2D eigenvalue weighted by Crippen LogP contribution is -2.30. The van der Waals surface area contributed by atoms with E-state index in [1.54, 1.807) is 19.5 Å². The van der Waals surface area contributed by atoms with Gasteiger partial charge in [0.2, 0.25) is 5.91 Å². The van der Waals surface area contributed by atoms with Crippen LogP contribution >= 0.6 is 0 Å². The molecule has 0 aliphatic carbocycles. The lowest BCUT2D eigenvalue weighted by Gasteiger charge is -2.13. The quantitative estimate of drug-likeness (QED) is 0.556. The van der Waals surface area contributed by atoms with E-state index in [9.17, 15) is 4.79 Å². The lowest BCUT2D eigenvalue weighted by molar-refractivity contribution is -0.124. The Bertz CT molecular complexity index is 1120. The number of para-hydroxylation sites is 3. The Morgan fingerprint density at radius 3 is 2.86 bits per heavy atom. The first-order valence-electron chi connectivity index (χ1n) is 8.95. The van der Waals surface area contributed by atoms with Gasteiger partial charge in [-0.3, -0.25) is 4.79 Å². The number of imidazole rings is 1. The van der Waals surface area contributed by atoms with Gasteiger partial charge in [0.05, 0.1) is 31.0 Å². The van der Waals surface area contributed by atoms with Crippen molar-refractivity contribution < 1.29 is 14.1 Å². The molecule has 2 aromatic heterocycles. The van der Waals surface area contributed by atoms with E-state index in [0.29, 0.717) is 17.2 Å². The van der Waals surface area contributed by atoms with Gasteiger partial charge in [0.15, 0.2) is 5.76 Å². The molecule has 2 heterocycles. The molecule has 0 aliphatic rings. The summed E-state index contributed by atoms with van der Waals surface area (Å²) in [4.78, 5) is 16.9. The van der Waals surface area contributed by atoms with Crippen molar-refractivity contribution in [1.29, 1.82) is 0 Å². The Hall–Kier alpha value is -3.61. The van der Waals surface area contributed by atoms with Crippen LogP contribution in [0.4, 0.5) is 0 Å². The summed E-state index contributed by atoms with van der Waals surface area (Å²) in [6.45, 7) is 2.09. The number of fused-ring (bicyclic) bond motifs is 1. The van der Waals surface area contributed by atoms with Gasteiger partial charge in [-0.2, -0.15) is 0 Å². The molecular weight excluding hydrogens is 356 g/mol. The monoisotopic (exact) mass is 376 g/mol. The molecule has 0 saturated carbocycles. The second-order valence-corrected chi connectivity index (χ2v) is 6.41. The van der Waals surface area contributed by atoms with Crippen molar-refractivity contribution in [1.82, 2.24) is 20.0 Å². The maximum Gasteiger partial charge on any atom is 0.243 e. The standard InChI is InChI=1S/C21H20N4O3/c1-14(25-13-23-17-8-4-5-9-19(17)25)21(26)22-12-15-11-18(24-28-15)16-7-3-6-10-20(16)27-2/h3-11,13-14H,12H2,1-2H3,(H,22,26). The molecule has 0 radical (unpaired) electrons. The Kier molecular flexibility index (Phi) is 4.80. The van der Waals surface area contributed by atoms with Crippen LogP contribution in [0.5, 0.6) is 5.75 Å². The number of carbonyl (C=O) groups excluding carboxylic acids is 1. The maximum atomic E-state index is 12.6. The number of methoxy groups -OCH3 is 1. The minimum absolute atomic E-state index is 0.126. The second kappa shape index (κ2) is 7.56. The lowest BCUT2D eigenvalue weighted by atomic mass is 10.1. The highest BCUT2D eigenvalue weighted by atomic mass is 16.5. The predicted octanol–water partition coefficient (Wildman–Crippen LogP) is 3.58. The average molecular weight is 376 g/mol. The van der Waals surface area contributed by atoms with Crippen LogP contribution in [0.15, 0.2) is 65.4 Å². The molecule has 7 nitrogen and oxygen atoms in total. The number of aromatic nitrogens is 3. The van der Waals surface area contributed by atoms with E-state index in [0.717, 1.165) is 16.6 Å². The summed E-state index contributed by atoms with van der Waals surface area (Å²) in [5.74, 6) is 1.15. The van der Waals surface area contributed by atoms with E-state index in [-0.39, 0.29) is 12.5 Å². The number of nitrogens with zero attached hydrogens (tertiary/aromatic N) is 3. The highest BCUT2D eigenvalue weighted by molar-refractivity contribution is 5.83. The molecule has 28 heavy (non-hydrogen) atoms. The minimum atomic E-state index is -0.399. The largest absolute Gasteiger partial charge is 0.496 e. The molecule has 0 saturated heterocycles. The first-order chi connectivity index (χ1) is 13.7. The minimum Gasteiger partial charge on any atom is -0.496 e. The zero-order chi connectivity index (χ0) is 19.5. The first-order valence-corrected chi connectivity index (χ1v) is 8.95. The van der Waals surface area contributed by atoms with Gasteiger partial charge >= 0.3 is 0 Å². The fourth-order valence-electron chi connectivity index (χ4n) is 3.11. The first kappa shape index (κ1) is 17.8. The fourth-order valence-corrected chi connectivity index (χ4v) is 3.11. The Morgan fingerprint density at radius 1 is 1.21 bits per heavy atom. The van der Waals surface area contributed by atoms with Crippen molar-refractivity contribution in [3.8, 4) is 17.0 Å². The maximum absolute atomic E-state index is 12.6. The third kappa shape index (κ3) is 3.34. The molecule has 0 fully saturated rings. The van der Waals surface area contributed by atoms with Crippen LogP contribution in [0.2, 0.25) is 0 Å². The molecule has 4 aromatic rings. The Balaban J connectivity index is 1.45. The summed E-state index contributed by atoms with van der Waals surface area (Å²) < 4.78 is 12.6. The van der Waals surface area contributed by atoms with Gasteiger partial charge in [-0.1, -0.05) is 29.4 Å². The number of ether oxygens (including phenoxy) is 1. The van der Waals surface area contributed by atoms with Gasteiger partial charge in [0, 0.05) is 11.6 Å². The van der Waals surface area contributed by atoms with E-state index in [4.69, 9.17) is 9.26 Å². The van der Waals surface area contributed by atoms with Crippen molar-refractivity contribution in [3.05, 3.63) is 66.7 Å². The van der Waals surface area contributed by atoms with Crippen molar-refractivity contribution in [2.75, 3.05) is 7.11 Å². The summed E-state index contributed by atoms with van der Waals surface area (Å²) in [6.07, 6.45) is 1.68. The molecule has 1 unspecified atom stereocenters. The summed E-state index contributed by atoms with van der Waals surface area (Å²) in [6, 6.07) is 16.7. The van der Waals surface area contributed by atoms with Crippen LogP contribution in [0.25, 0.3) is 22.3 Å². The predicted molar refractivity (Wildman–Crippen MR) is 105 cm³/mol. The van der Waals surface area contributed by atoms with Gasteiger partial charge < -0.3 is 19.1 Å². The molecule has 4 rings (SSSR count). The normalized spacial score (nSPS) is 12.1. The van der Waals surface area contributed by atoms with Crippen molar-refractivity contribution in [2.24, 2.45) is 0 Å². The Morgan fingerprint density at radius 2 is 2.00 bits per heavy atom. The number of amides is 1. The van der Waals surface area contributed by atoms with E-state index in [1.165, 1.54) is 0 Å². The van der Waals surface area contributed by atoms with Crippen molar-refractivity contribution >= 4 is 16.9 Å². The smallest absolute Gasteiger partial charge is 0.243 e. The number of nitrogens with one attached hydrogen (secondary N) is 1. The van der Waals surface area contributed by atoms with Crippen molar-refractivity contribution in [3.63, 3.8) is 0 Å². The molecule has 1 amide bonds. The van der Waals surface area contributed by atoms with Gasteiger partial charge in [0.25, 0.3) is 0 Å². The molecule has 0 aliphatic heterocycles. The van der Waals surface area contributed by atoms with Gasteiger partial charge in [-0.25, -0.2) is 4.98 Å².